The second-order valence-corrected chi connectivity index (χ2v) is 19.2. The van der Waals surface area contributed by atoms with Gasteiger partial charge in [0.2, 0.25) is 0 Å². The first kappa shape index (κ1) is 26.5. The molecule has 6 heteroatoms. The summed E-state index contributed by atoms with van der Waals surface area (Å²) in [6, 6.07) is 23.3. The van der Waals surface area contributed by atoms with Crippen LogP contribution < -0.4 is 0 Å². The summed E-state index contributed by atoms with van der Waals surface area (Å²) in [4.78, 5) is 14.2. The van der Waals surface area contributed by atoms with E-state index >= 15 is 0 Å². The van der Waals surface area contributed by atoms with Crippen LogP contribution in [-0.2, 0) is 0 Å². The van der Waals surface area contributed by atoms with Crippen LogP contribution in [0.2, 0.25) is 0 Å². The number of fused-ring (bicyclic) bond motifs is 3. The van der Waals surface area contributed by atoms with E-state index in [2.05, 4.69) is 97.6 Å². The highest BCUT2D eigenvalue weighted by atomic mass is 32.2. The summed E-state index contributed by atoms with van der Waals surface area (Å²) in [5, 5.41) is 1.88. The molecule has 0 amide bonds. The predicted molar refractivity (Wildman–Crippen MR) is 184 cm³/mol. The van der Waals surface area contributed by atoms with Gasteiger partial charge < -0.3 is 0 Å². The molecule has 0 nitrogen and oxygen atoms in total. The monoisotopic (exact) mass is 634 g/mol. The number of thioether (sulfide) groups is 1. The van der Waals surface area contributed by atoms with Gasteiger partial charge in [-0.25, -0.2) is 0 Å². The maximum absolute atomic E-state index is 2.48. The van der Waals surface area contributed by atoms with E-state index in [0.29, 0.717) is 0 Å². The quantitative estimate of drug-likeness (QED) is 0.185. The molecule has 3 aliphatic rings. The molecule has 0 radical (unpaired) electrons. The normalized spacial score (nSPS) is 28.1. The largest absolute Gasteiger partial charge is 0.155 e. The van der Waals surface area contributed by atoms with Crippen LogP contribution in [0.4, 0.5) is 0 Å². The van der Waals surface area contributed by atoms with E-state index in [-0.39, 0.29) is 0 Å². The van der Waals surface area contributed by atoms with Gasteiger partial charge in [-0.3, -0.25) is 0 Å². The van der Waals surface area contributed by atoms with E-state index in [1.54, 1.807) is 4.88 Å². The van der Waals surface area contributed by atoms with Gasteiger partial charge in [0.25, 0.3) is 0 Å². The first-order chi connectivity index (χ1) is 19.6. The van der Waals surface area contributed by atoms with Gasteiger partial charge in [0.1, 0.15) is 0 Å². The van der Waals surface area contributed by atoms with Crippen LogP contribution >= 0.6 is 68.4 Å². The Balaban J connectivity index is 0.956. The number of rotatable bonds is 5. The highest BCUT2D eigenvalue weighted by Crippen LogP contribution is 2.58. The fourth-order valence-electron chi connectivity index (χ4n) is 7.36. The van der Waals surface area contributed by atoms with Crippen LogP contribution in [0.25, 0.3) is 39.0 Å². The van der Waals surface area contributed by atoms with Crippen molar-refractivity contribution in [2.45, 2.75) is 68.8 Å². The fourth-order valence-corrected chi connectivity index (χ4v) is 15.1. The molecule has 40 heavy (non-hydrogen) atoms. The lowest BCUT2D eigenvalue weighted by Gasteiger charge is -2.35. The molecule has 8 rings (SSSR count). The smallest absolute Gasteiger partial charge is 0.0449 e. The maximum atomic E-state index is 2.48. The first-order valence-electron chi connectivity index (χ1n) is 14.7. The van der Waals surface area contributed by atoms with Crippen molar-refractivity contribution in [1.29, 1.82) is 0 Å². The Morgan fingerprint density at radius 2 is 0.975 bits per heavy atom. The molecule has 0 spiro atoms. The molecule has 5 aromatic heterocycles. The maximum Gasteiger partial charge on any atom is 0.0449 e. The topological polar surface area (TPSA) is 0 Å². The Kier molecular flexibility index (Phi) is 7.18. The Bertz CT molecular complexity index is 1620. The highest BCUT2D eigenvalue weighted by molar-refractivity contribution is 8.00. The molecule has 0 aromatic carbocycles. The van der Waals surface area contributed by atoms with Gasteiger partial charge >= 0.3 is 0 Å². The Morgan fingerprint density at radius 3 is 1.55 bits per heavy atom. The van der Waals surface area contributed by atoms with Crippen molar-refractivity contribution in [2.75, 3.05) is 0 Å². The molecule has 0 bridgehead atoms. The van der Waals surface area contributed by atoms with Gasteiger partial charge in [0, 0.05) is 59.3 Å². The van der Waals surface area contributed by atoms with Crippen molar-refractivity contribution in [1.82, 2.24) is 0 Å². The first-order valence-corrected chi connectivity index (χ1v) is 19.7. The van der Waals surface area contributed by atoms with Gasteiger partial charge in [-0.1, -0.05) is 13.3 Å². The Morgan fingerprint density at radius 1 is 0.500 bits per heavy atom. The van der Waals surface area contributed by atoms with Gasteiger partial charge in [-0.2, -0.15) is 11.8 Å². The minimum atomic E-state index is 0.776. The molecule has 0 N–H and O–H groups in total. The third-order valence-corrected chi connectivity index (χ3v) is 17.5. The van der Waals surface area contributed by atoms with Crippen molar-refractivity contribution in [3.05, 3.63) is 70.4 Å². The van der Waals surface area contributed by atoms with E-state index in [0.717, 1.165) is 34.2 Å². The average molecular weight is 635 g/mol. The molecule has 6 atom stereocenters. The summed E-state index contributed by atoms with van der Waals surface area (Å²) in [7, 11) is 0. The van der Waals surface area contributed by atoms with E-state index in [1.165, 1.54) is 82.4 Å². The van der Waals surface area contributed by atoms with Gasteiger partial charge in [0.05, 0.1) is 0 Å². The molecular formula is C34H34S6. The summed E-state index contributed by atoms with van der Waals surface area (Å²) in [5.41, 5.74) is 0. The van der Waals surface area contributed by atoms with Crippen molar-refractivity contribution in [2.24, 2.45) is 17.8 Å². The molecule has 206 valence electrons. The second kappa shape index (κ2) is 10.8. The van der Waals surface area contributed by atoms with Crippen LogP contribution in [0, 0.1) is 24.7 Å². The minimum absolute atomic E-state index is 0.776. The summed E-state index contributed by atoms with van der Waals surface area (Å²) in [6.07, 6.45) is 8.75. The Labute approximate surface area is 262 Å². The molecule has 2 aliphatic carbocycles. The molecule has 6 heterocycles. The fraction of sp³-hybridized carbons (Fsp3) is 0.412. The van der Waals surface area contributed by atoms with E-state index in [9.17, 15) is 0 Å². The lowest BCUT2D eigenvalue weighted by Crippen LogP contribution is -2.30. The van der Waals surface area contributed by atoms with Gasteiger partial charge in [0.15, 0.2) is 0 Å². The molecule has 1 aliphatic heterocycles. The molecule has 3 fully saturated rings. The van der Waals surface area contributed by atoms with Crippen LogP contribution in [0.1, 0.15) is 61.1 Å². The Hall–Kier alpha value is -1.15. The summed E-state index contributed by atoms with van der Waals surface area (Å²) in [6.45, 7) is 4.67. The number of thiophene rings is 5. The van der Waals surface area contributed by atoms with Crippen LogP contribution in [0.15, 0.2) is 60.7 Å². The summed E-state index contributed by atoms with van der Waals surface area (Å²) in [5.74, 6) is 3.76. The number of hydrogen-bond acceptors (Lipinski definition) is 6. The molecule has 6 unspecified atom stereocenters. The lowest BCUT2D eigenvalue weighted by atomic mass is 9.69. The van der Waals surface area contributed by atoms with E-state index < -0.39 is 0 Å². The average Bonchev–Trinajstić information content (AvgIpc) is 3.79. The second-order valence-electron chi connectivity index (χ2n) is 12.1. The molecular weight excluding hydrogens is 601 g/mol. The van der Waals surface area contributed by atoms with Crippen LogP contribution in [0.5, 0.6) is 0 Å². The van der Waals surface area contributed by atoms with Crippen molar-refractivity contribution < 1.29 is 0 Å². The molecule has 5 aromatic rings. The summed E-state index contributed by atoms with van der Waals surface area (Å²) >= 11 is 12.2. The standard InChI is InChI=1S/C34H34S6/c1-19-3-6-22-23-7-5-21(18-34(23)40-33(22)17-19)24-9-10-27(36-24)28-13-14-31(38-28)32-16-15-30(39-32)29-12-11-26(37-29)25-8-4-20(2)35-25/h4,8-16,19,21-23,33-34H,3,5-7,17-18H2,1-2H3. The predicted octanol–water partition coefficient (Wildman–Crippen LogP) is 12.8. The number of hydrogen-bond donors (Lipinski definition) is 0. The molecule has 1 saturated heterocycles. The zero-order chi connectivity index (χ0) is 26.8. The highest BCUT2D eigenvalue weighted by Gasteiger charge is 2.48. The van der Waals surface area contributed by atoms with E-state index in [4.69, 9.17) is 0 Å². The summed E-state index contributed by atoms with van der Waals surface area (Å²) < 4.78 is 0. The minimum Gasteiger partial charge on any atom is -0.155 e. The van der Waals surface area contributed by atoms with Crippen LogP contribution in [0.3, 0.4) is 0 Å². The van der Waals surface area contributed by atoms with Gasteiger partial charge in [-0.05, 0) is 123 Å². The third kappa shape index (κ3) is 4.95. The van der Waals surface area contributed by atoms with Crippen LogP contribution in [-0.4, -0.2) is 10.5 Å². The lowest BCUT2D eigenvalue weighted by molar-refractivity contribution is 0.198. The van der Waals surface area contributed by atoms with Crippen molar-refractivity contribution in [3.63, 3.8) is 0 Å². The van der Waals surface area contributed by atoms with Crippen molar-refractivity contribution in [3.8, 4) is 39.0 Å². The zero-order valence-corrected chi connectivity index (χ0v) is 27.8. The number of aryl methyl sites for hydroxylation is 1. The zero-order valence-electron chi connectivity index (χ0n) is 22.9. The van der Waals surface area contributed by atoms with E-state index in [1.807, 2.05) is 45.3 Å². The van der Waals surface area contributed by atoms with Gasteiger partial charge in [-0.15, -0.1) is 56.7 Å². The molecule has 2 saturated carbocycles. The SMILES string of the molecule is Cc1ccc(-c2ccc(-c3ccc(-c4ccc(-c5ccc(C6CCC7C(C6)SC6CC(C)CCC67)s5)s4)s3)s2)s1. The third-order valence-electron chi connectivity index (χ3n) is 9.41. The van der Waals surface area contributed by atoms with Crippen molar-refractivity contribution >= 4 is 68.4 Å².